The van der Waals surface area contributed by atoms with Crippen LogP contribution in [0.15, 0.2) is 17.0 Å². The molecule has 3 N–H and O–H groups in total. The zero-order valence-electron chi connectivity index (χ0n) is 7.32. The molecule has 1 aliphatic rings. The Morgan fingerprint density at radius 1 is 1.47 bits per heavy atom. The van der Waals surface area contributed by atoms with Crippen LogP contribution in [0.2, 0.25) is 0 Å². The number of benzene rings is 1. The van der Waals surface area contributed by atoms with Crippen molar-refractivity contribution >= 4 is 24.6 Å². The summed E-state index contributed by atoms with van der Waals surface area (Å²) in [6, 6.07) is 2.57. The predicted molar refractivity (Wildman–Crippen MR) is 50.7 cm³/mol. The number of phenolic OH excluding ortho intramolecular Hbond substituents is 1. The van der Waals surface area contributed by atoms with Gasteiger partial charge in [-0.25, -0.2) is 0 Å². The van der Waals surface area contributed by atoms with Crippen LogP contribution in [-0.4, -0.2) is 32.3 Å². The molecular weight excluding hydrogens is 221 g/mol. The molecule has 0 bridgehead atoms. The second-order valence-electron chi connectivity index (χ2n) is 3.01. The molecule has 1 aliphatic heterocycles. The lowest BCUT2D eigenvalue weighted by molar-refractivity contribution is -0.466. The maximum absolute atomic E-state index is 11.5. The van der Waals surface area contributed by atoms with Crippen LogP contribution < -0.4 is 5.11 Å². The van der Waals surface area contributed by atoms with Gasteiger partial charge in [0.1, 0.15) is 5.75 Å². The Kier molecular flexibility index (Phi) is 2.33. The molecule has 0 radical (unpaired) electrons. The fourth-order valence-electron chi connectivity index (χ4n) is 1.33. The summed E-state index contributed by atoms with van der Waals surface area (Å²) in [5.74, 6) is -1.32. The predicted octanol–water partition coefficient (Wildman–Crippen LogP) is -0.680. The zero-order valence-corrected chi connectivity index (χ0v) is 8.14. The summed E-state index contributed by atoms with van der Waals surface area (Å²) < 4.78 is 0.215. The summed E-state index contributed by atoms with van der Waals surface area (Å²) in [5, 5.41) is 37.1. The number of phenols is 1. The van der Waals surface area contributed by atoms with Crippen molar-refractivity contribution in [3.63, 3.8) is 0 Å². The summed E-state index contributed by atoms with van der Waals surface area (Å²) in [7, 11) is -1.85. The summed E-state index contributed by atoms with van der Waals surface area (Å²) in [4.78, 5) is 11.8. The van der Waals surface area contributed by atoms with Gasteiger partial charge in [-0.3, -0.25) is 0 Å². The first-order valence-corrected chi connectivity index (χ1v) is 4.92. The van der Waals surface area contributed by atoms with Gasteiger partial charge in [-0.1, -0.05) is 0 Å². The van der Waals surface area contributed by atoms with E-state index in [2.05, 4.69) is 0 Å². The van der Waals surface area contributed by atoms with Crippen molar-refractivity contribution in [3.8, 4) is 11.5 Å². The van der Waals surface area contributed by atoms with Gasteiger partial charge in [0.25, 0.3) is 11.0 Å². The summed E-state index contributed by atoms with van der Waals surface area (Å²) in [6.07, 6.45) is 0. The van der Waals surface area contributed by atoms with Crippen molar-refractivity contribution in [2.75, 3.05) is 0 Å². The fourth-order valence-corrected chi connectivity index (χ4v) is 2.36. The molecule has 1 heterocycles. The van der Waals surface area contributed by atoms with Gasteiger partial charge in [-0.05, 0) is 23.9 Å². The van der Waals surface area contributed by atoms with E-state index in [0.29, 0.717) is 4.90 Å². The number of nitroso groups, excluding NO2 is 1. The molecule has 0 spiro atoms. The normalized spacial score (nSPS) is 19.1. The van der Waals surface area contributed by atoms with Crippen LogP contribution >= 0.6 is 11.8 Å². The third-order valence-electron chi connectivity index (χ3n) is 2.03. The highest BCUT2D eigenvalue weighted by molar-refractivity contribution is 8.01. The van der Waals surface area contributed by atoms with Crippen molar-refractivity contribution in [2.45, 2.75) is 10.2 Å². The molecular formula is C7H6BNO5S. The molecule has 78 valence electrons. The maximum atomic E-state index is 11.5. The van der Waals surface area contributed by atoms with Gasteiger partial charge in [0.15, 0.2) is 0 Å². The minimum absolute atomic E-state index is 0.215. The van der Waals surface area contributed by atoms with Crippen molar-refractivity contribution in [1.82, 2.24) is 0 Å². The van der Waals surface area contributed by atoms with E-state index >= 15 is 0 Å². The SMILES string of the molecule is O=[N+]1c2c(ccc(O)c2[O-])SC1B(O)O. The topological polar surface area (TPSA) is 104 Å². The molecule has 0 fully saturated rings. The molecule has 2 rings (SSSR count). The third-order valence-corrected chi connectivity index (χ3v) is 3.29. The number of hydrogen-bond donors (Lipinski definition) is 3. The Morgan fingerprint density at radius 3 is 2.73 bits per heavy atom. The van der Waals surface area contributed by atoms with E-state index in [4.69, 9.17) is 15.2 Å². The zero-order chi connectivity index (χ0) is 11.2. The van der Waals surface area contributed by atoms with Crippen molar-refractivity contribution in [3.05, 3.63) is 17.0 Å². The molecule has 1 atom stereocenters. The van der Waals surface area contributed by atoms with E-state index in [-0.39, 0.29) is 10.4 Å². The summed E-state index contributed by atoms with van der Waals surface area (Å²) >= 11 is 0.878. The minimum atomic E-state index is -1.85. The monoisotopic (exact) mass is 227 g/mol. The number of thioether (sulfide) groups is 1. The van der Waals surface area contributed by atoms with Crippen LogP contribution in [0, 0.1) is 4.91 Å². The smallest absolute Gasteiger partial charge is 0.547 e. The van der Waals surface area contributed by atoms with E-state index in [1.807, 2.05) is 0 Å². The van der Waals surface area contributed by atoms with E-state index in [1.54, 1.807) is 0 Å². The second kappa shape index (κ2) is 3.40. The van der Waals surface area contributed by atoms with Crippen LogP contribution in [0.4, 0.5) is 5.69 Å². The first-order chi connectivity index (χ1) is 7.02. The molecule has 8 heteroatoms. The van der Waals surface area contributed by atoms with E-state index < -0.39 is 23.9 Å². The highest BCUT2D eigenvalue weighted by Crippen LogP contribution is 2.48. The molecule has 0 aliphatic carbocycles. The Bertz CT molecular complexity index is 438. The lowest BCUT2D eigenvalue weighted by Crippen LogP contribution is -2.32. The first-order valence-electron chi connectivity index (χ1n) is 4.04. The summed E-state index contributed by atoms with van der Waals surface area (Å²) in [6.45, 7) is 0. The van der Waals surface area contributed by atoms with E-state index in [0.717, 1.165) is 11.8 Å². The molecule has 0 saturated carbocycles. The molecule has 1 aromatic carbocycles. The second-order valence-corrected chi connectivity index (χ2v) is 4.17. The minimum Gasteiger partial charge on any atom is -0.865 e. The Labute approximate surface area is 88.9 Å². The molecule has 15 heavy (non-hydrogen) atoms. The van der Waals surface area contributed by atoms with Crippen molar-refractivity contribution < 1.29 is 25.0 Å². The number of nitrogens with zero attached hydrogens (tertiary/aromatic N) is 1. The standard InChI is InChI=1S/C7H6BNO5S/c10-3-1-2-4-5(6(3)11)9(14)7(15-4)8(12)13/h1-2,7,12-13H,(H-,10,11,14). The van der Waals surface area contributed by atoms with Gasteiger partial charge in [-0.2, -0.15) is 0 Å². The number of hydrogen-bond acceptors (Lipinski definition) is 6. The average molecular weight is 227 g/mol. The largest absolute Gasteiger partial charge is 0.865 e. The first kappa shape index (κ1) is 10.3. The molecule has 0 amide bonds. The number of rotatable bonds is 1. The average Bonchev–Trinajstić information content (AvgIpc) is 2.50. The van der Waals surface area contributed by atoms with Gasteiger partial charge >= 0.3 is 7.12 Å². The van der Waals surface area contributed by atoms with Gasteiger partial charge in [0, 0.05) is 15.4 Å². The van der Waals surface area contributed by atoms with Crippen LogP contribution in [0.1, 0.15) is 0 Å². The fraction of sp³-hybridized carbons (Fsp3) is 0.143. The highest BCUT2D eigenvalue weighted by Gasteiger charge is 2.48. The van der Waals surface area contributed by atoms with E-state index in [1.165, 1.54) is 12.1 Å². The van der Waals surface area contributed by atoms with Gasteiger partial charge in [-0.15, -0.1) is 0 Å². The van der Waals surface area contributed by atoms with Crippen LogP contribution in [-0.2, 0) is 0 Å². The van der Waals surface area contributed by atoms with E-state index in [9.17, 15) is 10.0 Å². The van der Waals surface area contributed by atoms with Gasteiger partial charge in [0.2, 0.25) is 0 Å². The Balaban J connectivity index is 2.51. The summed E-state index contributed by atoms with van der Waals surface area (Å²) in [5.41, 5.74) is -0.238. The molecule has 0 aromatic heterocycles. The number of fused-ring (bicyclic) bond motifs is 1. The van der Waals surface area contributed by atoms with Crippen LogP contribution in [0.5, 0.6) is 11.5 Å². The van der Waals surface area contributed by atoms with Crippen molar-refractivity contribution in [2.24, 2.45) is 0 Å². The quantitative estimate of drug-likeness (QED) is 0.433. The van der Waals surface area contributed by atoms with Gasteiger partial charge < -0.3 is 20.3 Å². The lowest BCUT2D eigenvalue weighted by atomic mass is 9.91. The van der Waals surface area contributed by atoms with Crippen LogP contribution in [0.25, 0.3) is 0 Å². The maximum Gasteiger partial charge on any atom is 0.547 e. The molecule has 1 aromatic rings. The highest BCUT2D eigenvalue weighted by atomic mass is 32.2. The van der Waals surface area contributed by atoms with Gasteiger partial charge in [0.05, 0.1) is 4.90 Å². The Hall–Kier alpha value is -1.25. The van der Waals surface area contributed by atoms with Crippen LogP contribution in [0.3, 0.4) is 0 Å². The van der Waals surface area contributed by atoms with Crippen molar-refractivity contribution in [1.29, 1.82) is 0 Å². The lowest BCUT2D eigenvalue weighted by Gasteiger charge is -2.06. The third kappa shape index (κ3) is 1.46. The molecule has 0 saturated heterocycles. The Morgan fingerprint density at radius 2 is 2.13 bits per heavy atom. The number of aromatic hydroxyl groups is 1. The molecule has 1 unspecified atom stereocenters. The molecule has 6 nitrogen and oxygen atoms in total.